The van der Waals surface area contributed by atoms with Gasteiger partial charge in [0.05, 0.1) is 0 Å². The predicted octanol–water partition coefficient (Wildman–Crippen LogP) is 2.29. The molecule has 0 radical (unpaired) electrons. The summed E-state index contributed by atoms with van der Waals surface area (Å²) >= 11 is 0. The Kier molecular flexibility index (Phi) is 10.5. The average molecular weight is 382 g/mol. The van der Waals surface area contributed by atoms with E-state index in [2.05, 4.69) is 29.4 Å². The zero-order valence-electron chi connectivity index (χ0n) is 15.9. The van der Waals surface area contributed by atoms with Crippen molar-refractivity contribution < 1.29 is 9.59 Å². The third-order valence-electron chi connectivity index (χ3n) is 4.46. The number of carbonyl (C=O) groups excluding carboxylic acids is 2. The molecule has 1 aliphatic heterocycles. The van der Waals surface area contributed by atoms with Crippen molar-refractivity contribution in [1.82, 2.24) is 15.5 Å². The summed E-state index contributed by atoms with van der Waals surface area (Å²) in [6, 6.07) is 7.78. The SMILES string of the molecule is CC(C)Cc1ccc(C(=O)CCC(=O)NCCN2CCNCC2)cc1.Cl. The van der Waals surface area contributed by atoms with E-state index in [-0.39, 0.29) is 36.9 Å². The first kappa shape index (κ1) is 22.6. The molecule has 0 aliphatic carbocycles. The Balaban J connectivity index is 0.00000338. The minimum absolute atomic E-state index is 0. The fraction of sp³-hybridized carbons (Fsp3) is 0.600. The Morgan fingerprint density at radius 3 is 2.38 bits per heavy atom. The number of amides is 1. The van der Waals surface area contributed by atoms with Crippen LogP contribution in [0.1, 0.15) is 42.6 Å². The number of rotatable bonds is 9. The van der Waals surface area contributed by atoms with Crippen LogP contribution in [0.4, 0.5) is 0 Å². The first-order valence-corrected chi connectivity index (χ1v) is 9.36. The molecule has 26 heavy (non-hydrogen) atoms. The molecule has 1 aromatic rings. The summed E-state index contributed by atoms with van der Waals surface area (Å²) in [7, 11) is 0. The number of carbonyl (C=O) groups is 2. The van der Waals surface area contributed by atoms with E-state index < -0.39 is 0 Å². The molecule has 0 saturated carbocycles. The molecule has 0 atom stereocenters. The van der Waals surface area contributed by atoms with Gasteiger partial charge in [-0.2, -0.15) is 0 Å². The van der Waals surface area contributed by atoms with E-state index in [0.717, 1.165) is 39.1 Å². The summed E-state index contributed by atoms with van der Waals surface area (Å²) in [6.07, 6.45) is 1.54. The Morgan fingerprint density at radius 2 is 1.77 bits per heavy atom. The number of nitrogens with one attached hydrogen (secondary N) is 2. The van der Waals surface area contributed by atoms with E-state index in [1.54, 1.807) is 0 Å². The van der Waals surface area contributed by atoms with Gasteiger partial charge in [-0.15, -0.1) is 12.4 Å². The Labute approximate surface area is 163 Å². The van der Waals surface area contributed by atoms with E-state index in [1.807, 2.05) is 24.3 Å². The van der Waals surface area contributed by atoms with Crippen molar-refractivity contribution in [2.24, 2.45) is 5.92 Å². The molecular formula is C20H32ClN3O2. The molecule has 1 aromatic carbocycles. The average Bonchev–Trinajstić information content (AvgIpc) is 2.61. The first-order valence-electron chi connectivity index (χ1n) is 9.36. The van der Waals surface area contributed by atoms with Crippen molar-refractivity contribution in [1.29, 1.82) is 0 Å². The van der Waals surface area contributed by atoms with E-state index >= 15 is 0 Å². The maximum atomic E-state index is 12.2. The summed E-state index contributed by atoms with van der Waals surface area (Å²) in [4.78, 5) is 26.4. The van der Waals surface area contributed by atoms with E-state index in [4.69, 9.17) is 0 Å². The van der Waals surface area contributed by atoms with Crippen LogP contribution in [0.25, 0.3) is 0 Å². The maximum Gasteiger partial charge on any atom is 0.220 e. The van der Waals surface area contributed by atoms with Crippen LogP contribution in [0.2, 0.25) is 0 Å². The molecule has 2 rings (SSSR count). The van der Waals surface area contributed by atoms with Crippen LogP contribution in [-0.4, -0.2) is 55.9 Å². The van der Waals surface area contributed by atoms with Crippen LogP contribution in [0.5, 0.6) is 0 Å². The van der Waals surface area contributed by atoms with Gasteiger partial charge in [0.1, 0.15) is 0 Å². The number of nitrogens with zero attached hydrogens (tertiary/aromatic N) is 1. The van der Waals surface area contributed by atoms with Gasteiger partial charge < -0.3 is 10.6 Å². The normalized spacial score (nSPS) is 14.7. The second-order valence-corrected chi connectivity index (χ2v) is 7.16. The number of Topliss-reactive ketones (excluding diaryl/α,β-unsaturated/α-hetero) is 1. The van der Waals surface area contributed by atoms with Crippen LogP contribution >= 0.6 is 12.4 Å². The number of benzene rings is 1. The summed E-state index contributed by atoms with van der Waals surface area (Å²) in [5.41, 5.74) is 1.94. The molecule has 1 saturated heterocycles. The lowest BCUT2D eigenvalue weighted by atomic mass is 9.99. The minimum Gasteiger partial charge on any atom is -0.355 e. The molecule has 146 valence electrons. The van der Waals surface area contributed by atoms with Crippen LogP contribution < -0.4 is 10.6 Å². The number of halogens is 1. The highest BCUT2D eigenvalue weighted by Gasteiger charge is 2.11. The minimum atomic E-state index is -0.0417. The summed E-state index contributed by atoms with van der Waals surface area (Å²) < 4.78 is 0. The lowest BCUT2D eigenvalue weighted by Gasteiger charge is -2.27. The molecule has 0 aromatic heterocycles. The van der Waals surface area contributed by atoms with Crippen molar-refractivity contribution in [2.75, 3.05) is 39.3 Å². The Bertz CT molecular complexity index is 555. The number of ketones is 1. The van der Waals surface area contributed by atoms with Crippen LogP contribution in [-0.2, 0) is 11.2 Å². The summed E-state index contributed by atoms with van der Waals surface area (Å²) in [5.74, 6) is 0.597. The molecule has 6 heteroatoms. The van der Waals surface area contributed by atoms with Crippen LogP contribution in [0.15, 0.2) is 24.3 Å². The quantitative estimate of drug-likeness (QED) is 0.644. The Hall–Kier alpha value is -1.43. The van der Waals surface area contributed by atoms with Crippen molar-refractivity contribution in [3.63, 3.8) is 0 Å². The van der Waals surface area contributed by atoms with Crippen molar-refractivity contribution >= 4 is 24.1 Å². The van der Waals surface area contributed by atoms with Crippen molar-refractivity contribution in [2.45, 2.75) is 33.1 Å². The molecule has 0 bridgehead atoms. The molecule has 0 unspecified atom stereocenters. The zero-order valence-corrected chi connectivity index (χ0v) is 16.7. The van der Waals surface area contributed by atoms with Crippen LogP contribution in [0.3, 0.4) is 0 Å². The molecule has 1 fully saturated rings. The summed E-state index contributed by atoms with van der Waals surface area (Å²) in [5, 5.41) is 6.22. The van der Waals surface area contributed by atoms with Crippen LogP contribution in [0, 0.1) is 5.92 Å². The van der Waals surface area contributed by atoms with E-state index in [0.29, 0.717) is 18.0 Å². The van der Waals surface area contributed by atoms with Gasteiger partial charge in [-0.3, -0.25) is 14.5 Å². The number of hydrogen-bond donors (Lipinski definition) is 2. The highest BCUT2D eigenvalue weighted by atomic mass is 35.5. The van der Waals surface area contributed by atoms with Gasteiger partial charge in [0.25, 0.3) is 0 Å². The number of hydrogen-bond acceptors (Lipinski definition) is 4. The third kappa shape index (κ3) is 8.30. The second-order valence-electron chi connectivity index (χ2n) is 7.16. The lowest BCUT2D eigenvalue weighted by molar-refractivity contribution is -0.121. The third-order valence-corrected chi connectivity index (χ3v) is 4.46. The molecule has 1 amide bonds. The molecule has 5 nitrogen and oxygen atoms in total. The number of piperazine rings is 1. The van der Waals surface area contributed by atoms with E-state index in [1.165, 1.54) is 5.56 Å². The first-order chi connectivity index (χ1) is 12.0. The molecule has 1 aliphatic rings. The molecule has 1 heterocycles. The van der Waals surface area contributed by atoms with Crippen molar-refractivity contribution in [3.8, 4) is 0 Å². The summed E-state index contributed by atoms with van der Waals surface area (Å²) in [6.45, 7) is 9.97. The van der Waals surface area contributed by atoms with E-state index in [9.17, 15) is 9.59 Å². The lowest BCUT2D eigenvalue weighted by Crippen LogP contribution is -2.46. The van der Waals surface area contributed by atoms with Gasteiger partial charge in [-0.25, -0.2) is 0 Å². The predicted molar refractivity (Wildman–Crippen MR) is 108 cm³/mol. The zero-order chi connectivity index (χ0) is 18.1. The maximum absolute atomic E-state index is 12.2. The van der Waals surface area contributed by atoms with Gasteiger partial charge in [0.15, 0.2) is 5.78 Å². The standard InChI is InChI=1S/C20H31N3O2.ClH/c1-16(2)15-17-3-5-18(6-4-17)19(24)7-8-20(25)22-11-14-23-12-9-21-10-13-23;/h3-6,16,21H,7-15H2,1-2H3,(H,22,25);1H. The van der Waals surface area contributed by atoms with Gasteiger partial charge in [0.2, 0.25) is 5.91 Å². The molecule has 0 spiro atoms. The smallest absolute Gasteiger partial charge is 0.220 e. The monoisotopic (exact) mass is 381 g/mol. The van der Waals surface area contributed by atoms with Gasteiger partial charge in [0, 0.05) is 57.7 Å². The fourth-order valence-corrected chi connectivity index (χ4v) is 3.05. The highest BCUT2D eigenvalue weighted by Crippen LogP contribution is 2.12. The van der Waals surface area contributed by atoms with Crippen molar-refractivity contribution in [3.05, 3.63) is 35.4 Å². The largest absolute Gasteiger partial charge is 0.355 e. The van der Waals surface area contributed by atoms with Gasteiger partial charge in [-0.1, -0.05) is 38.1 Å². The molecular weight excluding hydrogens is 350 g/mol. The topological polar surface area (TPSA) is 61.4 Å². The Morgan fingerprint density at radius 1 is 1.12 bits per heavy atom. The molecule has 2 N–H and O–H groups in total. The fourth-order valence-electron chi connectivity index (χ4n) is 3.05. The second kappa shape index (κ2) is 12.0. The highest BCUT2D eigenvalue weighted by molar-refractivity contribution is 5.97. The van der Waals surface area contributed by atoms with Gasteiger partial charge >= 0.3 is 0 Å². The van der Waals surface area contributed by atoms with Gasteiger partial charge in [-0.05, 0) is 17.9 Å².